The molecule has 6 heteroatoms. The predicted octanol–water partition coefficient (Wildman–Crippen LogP) is 0.807. The molecule has 1 aliphatic heterocycles. The highest BCUT2D eigenvalue weighted by Gasteiger charge is 2.17. The Morgan fingerprint density at radius 3 is 2.81 bits per heavy atom. The lowest BCUT2D eigenvalue weighted by atomic mass is 10.1. The van der Waals surface area contributed by atoms with Crippen LogP contribution in [0.15, 0.2) is 18.6 Å². The number of carbonyl (C=O) groups is 1. The van der Waals surface area contributed by atoms with E-state index in [0.29, 0.717) is 18.9 Å². The Balaban J connectivity index is 0.00000128. The number of aromatic nitrogens is 2. The van der Waals surface area contributed by atoms with E-state index in [-0.39, 0.29) is 24.4 Å². The van der Waals surface area contributed by atoms with E-state index in [0.717, 1.165) is 12.8 Å². The molecule has 88 valence electrons. The van der Waals surface area contributed by atoms with E-state index in [4.69, 9.17) is 4.74 Å². The Kier molecular flexibility index (Phi) is 5.14. The van der Waals surface area contributed by atoms with Gasteiger partial charge in [-0.2, -0.15) is 0 Å². The molecule has 0 bridgehead atoms. The monoisotopic (exact) mass is 243 g/mol. The third-order valence-corrected chi connectivity index (χ3v) is 2.37. The van der Waals surface area contributed by atoms with E-state index >= 15 is 0 Å². The Hall–Kier alpha value is -1.20. The van der Waals surface area contributed by atoms with E-state index in [2.05, 4.69) is 15.3 Å². The number of nitrogens with zero attached hydrogens (tertiary/aromatic N) is 2. The third-order valence-electron chi connectivity index (χ3n) is 2.37. The van der Waals surface area contributed by atoms with Crippen LogP contribution in [0.25, 0.3) is 0 Å². The van der Waals surface area contributed by atoms with Gasteiger partial charge in [0.2, 0.25) is 0 Å². The van der Waals surface area contributed by atoms with Gasteiger partial charge in [0, 0.05) is 25.5 Å². The Morgan fingerprint density at radius 1 is 1.44 bits per heavy atom. The van der Waals surface area contributed by atoms with Crippen molar-refractivity contribution in [1.82, 2.24) is 15.3 Å². The van der Waals surface area contributed by atoms with Crippen molar-refractivity contribution in [1.29, 1.82) is 0 Å². The fraction of sp³-hybridized carbons (Fsp3) is 0.500. The molecular weight excluding hydrogens is 230 g/mol. The Labute approximate surface area is 100 Å². The highest BCUT2D eigenvalue weighted by Crippen LogP contribution is 2.06. The summed E-state index contributed by atoms with van der Waals surface area (Å²) in [6.07, 6.45) is 4.68. The maximum Gasteiger partial charge on any atom is 0.270 e. The number of hydrogen-bond acceptors (Lipinski definition) is 4. The number of carbonyl (C=O) groups excluding carboxylic acids is 1. The zero-order valence-corrected chi connectivity index (χ0v) is 9.57. The molecular formula is C10H14ClN3O2. The van der Waals surface area contributed by atoms with Gasteiger partial charge in [-0.05, 0) is 18.9 Å². The first kappa shape index (κ1) is 12.9. The lowest BCUT2D eigenvalue weighted by Crippen LogP contribution is -2.39. The minimum atomic E-state index is -0.135. The highest BCUT2D eigenvalue weighted by molar-refractivity contribution is 5.92. The van der Waals surface area contributed by atoms with Crippen molar-refractivity contribution >= 4 is 18.3 Å². The molecule has 2 heterocycles. The normalized spacial score (nSPS) is 16.2. The van der Waals surface area contributed by atoms with Crippen LogP contribution >= 0.6 is 12.4 Å². The largest absolute Gasteiger partial charge is 0.381 e. The highest BCUT2D eigenvalue weighted by atomic mass is 35.5. The molecule has 1 amide bonds. The van der Waals surface area contributed by atoms with Gasteiger partial charge in [0.25, 0.3) is 5.91 Å². The lowest BCUT2D eigenvalue weighted by Gasteiger charge is -2.22. The smallest absolute Gasteiger partial charge is 0.270 e. The molecule has 0 spiro atoms. The number of ether oxygens (including phenoxy) is 1. The maximum absolute atomic E-state index is 11.7. The van der Waals surface area contributed by atoms with Crippen LogP contribution in [0.5, 0.6) is 0 Å². The fourth-order valence-electron chi connectivity index (χ4n) is 1.53. The summed E-state index contributed by atoms with van der Waals surface area (Å²) < 4.78 is 5.21. The van der Waals surface area contributed by atoms with E-state index in [1.54, 1.807) is 12.3 Å². The molecule has 1 N–H and O–H groups in total. The van der Waals surface area contributed by atoms with Gasteiger partial charge in [0.1, 0.15) is 12.0 Å². The first-order valence-corrected chi connectivity index (χ1v) is 5.01. The second-order valence-corrected chi connectivity index (χ2v) is 3.45. The zero-order valence-electron chi connectivity index (χ0n) is 8.76. The standard InChI is InChI=1S/C10H13N3O2.ClH/c14-10(9-1-4-11-7-12-9)13-8-2-5-15-6-3-8;/h1,4,7-8H,2-3,5-6H2,(H,13,14);1H. The molecule has 1 aromatic rings. The van der Waals surface area contributed by atoms with Crippen molar-refractivity contribution in [2.75, 3.05) is 13.2 Å². The summed E-state index contributed by atoms with van der Waals surface area (Å²) in [6, 6.07) is 1.82. The number of nitrogens with one attached hydrogen (secondary N) is 1. The van der Waals surface area contributed by atoms with Crippen LogP contribution in [0, 0.1) is 0 Å². The topological polar surface area (TPSA) is 64.1 Å². The van der Waals surface area contributed by atoms with Crippen LogP contribution in [-0.2, 0) is 4.74 Å². The molecule has 1 saturated heterocycles. The minimum absolute atomic E-state index is 0. The van der Waals surface area contributed by atoms with Crippen LogP contribution in [-0.4, -0.2) is 35.1 Å². The van der Waals surface area contributed by atoms with E-state index in [1.165, 1.54) is 6.33 Å². The average Bonchev–Trinajstić information content (AvgIpc) is 2.31. The van der Waals surface area contributed by atoms with E-state index in [9.17, 15) is 4.79 Å². The molecule has 5 nitrogen and oxygen atoms in total. The molecule has 1 fully saturated rings. The summed E-state index contributed by atoms with van der Waals surface area (Å²) in [5.74, 6) is -0.135. The van der Waals surface area contributed by atoms with Crippen molar-refractivity contribution in [3.8, 4) is 0 Å². The molecule has 1 aromatic heterocycles. The van der Waals surface area contributed by atoms with Gasteiger partial charge in [0.05, 0.1) is 0 Å². The zero-order chi connectivity index (χ0) is 10.5. The molecule has 0 radical (unpaired) electrons. The second kappa shape index (κ2) is 6.40. The second-order valence-electron chi connectivity index (χ2n) is 3.45. The quantitative estimate of drug-likeness (QED) is 0.835. The number of rotatable bonds is 2. The van der Waals surface area contributed by atoms with Crippen LogP contribution < -0.4 is 5.32 Å². The van der Waals surface area contributed by atoms with E-state index < -0.39 is 0 Å². The van der Waals surface area contributed by atoms with Gasteiger partial charge in [-0.15, -0.1) is 12.4 Å². The SMILES string of the molecule is Cl.O=C(NC1CCOCC1)c1ccncn1. The van der Waals surface area contributed by atoms with Crippen LogP contribution in [0.1, 0.15) is 23.3 Å². The summed E-state index contributed by atoms with van der Waals surface area (Å²) in [7, 11) is 0. The van der Waals surface area contributed by atoms with Crippen molar-refractivity contribution < 1.29 is 9.53 Å². The summed E-state index contributed by atoms with van der Waals surface area (Å²) in [5.41, 5.74) is 0.413. The Morgan fingerprint density at radius 2 is 2.19 bits per heavy atom. The molecule has 0 unspecified atom stereocenters. The van der Waals surface area contributed by atoms with Crippen molar-refractivity contribution in [2.24, 2.45) is 0 Å². The van der Waals surface area contributed by atoms with Gasteiger partial charge in [0.15, 0.2) is 0 Å². The van der Waals surface area contributed by atoms with Gasteiger partial charge >= 0.3 is 0 Å². The summed E-state index contributed by atoms with van der Waals surface area (Å²) in [4.78, 5) is 19.3. The first-order valence-electron chi connectivity index (χ1n) is 5.01. The number of hydrogen-bond donors (Lipinski definition) is 1. The fourth-order valence-corrected chi connectivity index (χ4v) is 1.53. The molecule has 1 aliphatic rings. The van der Waals surface area contributed by atoms with E-state index in [1.807, 2.05) is 0 Å². The number of amides is 1. The molecule has 0 saturated carbocycles. The summed E-state index contributed by atoms with van der Waals surface area (Å²) in [6.45, 7) is 1.43. The molecule has 0 atom stereocenters. The van der Waals surface area contributed by atoms with Gasteiger partial charge in [-0.3, -0.25) is 4.79 Å². The summed E-state index contributed by atoms with van der Waals surface area (Å²) >= 11 is 0. The molecule has 0 aromatic carbocycles. The average molecular weight is 244 g/mol. The number of halogens is 1. The lowest BCUT2D eigenvalue weighted by molar-refractivity contribution is 0.0694. The molecule has 2 rings (SSSR count). The first-order chi connectivity index (χ1) is 7.36. The molecule has 16 heavy (non-hydrogen) atoms. The maximum atomic E-state index is 11.7. The minimum Gasteiger partial charge on any atom is -0.381 e. The van der Waals surface area contributed by atoms with Gasteiger partial charge < -0.3 is 10.1 Å². The van der Waals surface area contributed by atoms with Gasteiger partial charge in [-0.25, -0.2) is 9.97 Å². The van der Waals surface area contributed by atoms with Crippen LogP contribution in [0.3, 0.4) is 0 Å². The Bertz CT molecular complexity index is 328. The third kappa shape index (κ3) is 3.43. The van der Waals surface area contributed by atoms with Crippen molar-refractivity contribution in [2.45, 2.75) is 18.9 Å². The molecule has 0 aliphatic carbocycles. The van der Waals surface area contributed by atoms with Crippen LogP contribution in [0.4, 0.5) is 0 Å². The predicted molar refractivity (Wildman–Crippen MR) is 60.6 cm³/mol. The van der Waals surface area contributed by atoms with Crippen molar-refractivity contribution in [3.05, 3.63) is 24.3 Å². The van der Waals surface area contributed by atoms with Crippen molar-refractivity contribution in [3.63, 3.8) is 0 Å². The van der Waals surface area contributed by atoms with Crippen LogP contribution in [0.2, 0.25) is 0 Å². The van der Waals surface area contributed by atoms with Gasteiger partial charge in [-0.1, -0.05) is 0 Å². The summed E-state index contributed by atoms with van der Waals surface area (Å²) in [5, 5.41) is 2.93.